The summed E-state index contributed by atoms with van der Waals surface area (Å²) in [7, 11) is 0. The zero-order valence-corrected chi connectivity index (χ0v) is 12.4. The van der Waals surface area contributed by atoms with E-state index in [0.717, 1.165) is 12.5 Å². The van der Waals surface area contributed by atoms with Crippen LogP contribution in [0.4, 0.5) is 13.2 Å². The zero-order chi connectivity index (χ0) is 16.0. The van der Waals surface area contributed by atoms with Gasteiger partial charge in [0.25, 0.3) is 0 Å². The molecular formula is C16H22F3NO. The van der Waals surface area contributed by atoms with Crippen LogP contribution in [0.2, 0.25) is 0 Å². The van der Waals surface area contributed by atoms with Gasteiger partial charge in [0, 0.05) is 12.0 Å². The Balaban J connectivity index is 2.81. The van der Waals surface area contributed by atoms with Gasteiger partial charge in [0.1, 0.15) is 0 Å². The molecule has 1 aromatic rings. The molecule has 0 fully saturated rings. The molecule has 2 nitrogen and oxygen atoms in total. The average molecular weight is 301 g/mol. The highest BCUT2D eigenvalue weighted by Gasteiger charge is 2.34. The van der Waals surface area contributed by atoms with Crippen LogP contribution in [0.15, 0.2) is 24.3 Å². The van der Waals surface area contributed by atoms with E-state index in [4.69, 9.17) is 5.73 Å². The van der Waals surface area contributed by atoms with E-state index in [0.29, 0.717) is 18.9 Å². The van der Waals surface area contributed by atoms with Gasteiger partial charge in [-0.1, -0.05) is 32.0 Å². The van der Waals surface area contributed by atoms with Crippen molar-refractivity contribution < 1.29 is 18.0 Å². The van der Waals surface area contributed by atoms with Crippen molar-refractivity contribution >= 4 is 5.78 Å². The lowest BCUT2D eigenvalue weighted by Gasteiger charge is -2.20. The van der Waals surface area contributed by atoms with Gasteiger partial charge in [-0.3, -0.25) is 4.79 Å². The van der Waals surface area contributed by atoms with Gasteiger partial charge in [-0.05, 0) is 37.3 Å². The fourth-order valence-electron chi connectivity index (χ4n) is 2.45. The Kier molecular flexibility index (Phi) is 6.40. The normalized spacial score (nSPS) is 13.5. The lowest BCUT2D eigenvalue weighted by molar-refractivity contribution is -0.137. The standard InChI is InChI=1S/C16H22F3NO/c1-11(2)12(9-10-20)7-8-15(21)13-5-3-4-6-14(13)16(17,18)19/h3-6,11-12H,7-10,20H2,1-2H3. The first-order valence-electron chi connectivity index (χ1n) is 7.16. The summed E-state index contributed by atoms with van der Waals surface area (Å²) in [6.45, 7) is 4.60. The minimum absolute atomic E-state index is 0.121. The van der Waals surface area contributed by atoms with Crippen molar-refractivity contribution in [1.29, 1.82) is 0 Å². The van der Waals surface area contributed by atoms with E-state index in [2.05, 4.69) is 0 Å². The van der Waals surface area contributed by atoms with Gasteiger partial charge in [0.05, 0.1) is 5.56 Å². The number of ketones is 1. The molecule has 0 radical (unpaired) electrons. The highest BCUT2D eigenvalue weighted by atomic mass is 19.4. The number of nitrogens with two attached hydrogens (primary N) is 1. The molecule has 0 saturated carbocycles. The summed E-state index contributed by atoms with van der Waals surface area (Å²) in [5, 5.41) is 0. The molecule has 0 spiro atoms. The molecule has 1 aromatic carbocycles. The van der Waals surface area contributed by atoms with Crippen LogP contribution in [0.25, 0.3) is 0 Å². The quantitative estimate of drug-likeness (QED) is 0.763. The van der Waals surface area contributed by atoms with Crippen LogP contribution in [0.3, 0.4) is 0 Å². The number of alkyl halides is 3. The zero-order valence-electron chi connectivity index (χ0n) is 12.4. The van der Waals surface area contributed by atoms with Crippen molar-refractivity contribution in [2.45, 2.75) is 39.3 Å². The fourth-order valence-corrected chi connectivity index (χ4v) is 2.45. The molecule has 0 amide bonds. The van der Waals surface area contributed by atoms with Gasteiger partial charge in [-0.2, -0.15) is 13.2 Å². The molecule has 21 heavy (non-hydrogen) atoms. The summed E-state index contributed by atoms with van der Waals surface area (Å²) in [6, 6.07) is 4.96. The summed E-state index contributed by atoms with van der Waals surface area (Å²) in [5.74, 6) is 0.168. The summed E-state index contributed by atoms with van der Waals surface area (Å²) in [5.41, 5.74) is 4.44. The maximum Gasteiger partial charge on any atom is 0.417 e. The number of rotatable bonds is 7. The summed E-state index contributed by atoms with van der Waals surface area (Å²) in [4.78, 5) is 12.1. The second-order valence-electron chi connectivity index (χ2n) is 5.59. The Morgan fingerprint density at radius 3 is 2.33 bits per heavy atom. The lowest BCUT2D eigenvalue weighted by atomic mass is 9.86. The third kappa shape index (κ3) is 5.16. The molecule has 5 heteroatoms. The van der Waals surface area contributed by atoms with E-state index in [1.165, 1.54) is 18.2 Å². The van der Waals surface area contributed by atoms with Gasteiger partial charge in [0.15, 0.2) is 5.78 Å². The number of hydrogen-bond donors (Lipinski definition) is 1. The second-order valence-corrected chi connectivity index (χ2v) is 5.59. The number of Topliss-reactive ketones (excluding diaryl/α,β-unsaturated/α-hetero) is 1. The predicted octanol–water partition coefficient (Wildman–Crippen LogP) is 4.29. The topological polar surface area (TPSA) is 43.1 Å². The molecule has 0 saturated heterocycles. The Morgan fingerprint density at radius 1 is 1.19 bits per heavy atom. The fraction of sp³-hybridized carbons (Fsp3) is 0.562. The maximum atomic E-state index is 12.9. The first kappa shape index (κ1) is 17.7. The molecule has 0 aliphatic rings. The molecular weight excluding hydrogens is 279 g/mol. The maximum absolute atomic E-state index is 12.9. The molecule has 0 aliphatic carbocycles. The third-order valence-corrected chi connectivity index (χ3v) is 3.76. The second kappa shape index (κ2) is 7.59. The average Bonchev–Trinajstić information content (AvgIpc) is 2.41. The van der Waals surface area contributed by atoms with Crippen LogP contribution < -0.4 is 5.73 Å². The van der Waals surface area contributed by atoms with Gasteiger partial charge in [-0.15, -0.1) is 0 Å². The van der Waals surface area contributed by atoms with Crippen molar-refractivity contribution in [2.75, 3.05) is 6.54 Å². The Hall–Kier alpha value is -1.36. The van der Waals surface area contributed by atoms with Gasteiger partial charge >= 0.3 is 6.18 Å². The van der Waals surface area contributed by atoms with E-state index in [9.17, 15) is 18.0 Å². The Labute approximate surface area is 123 Å². The van der Waals surface area contributed by atoms with Gasteiger partial charge in [0.2, 0.25) is 0 Å². The molecule has 1 rings (SSSR count). The van der Waals surface area contributed by atoms with Crippen LogP contribution in [-0.4, -0.2) is 12.3 Å². The monoisotopic (exact) mass is 301 g/mol. The van der Waals surface area contributed by atoms with Crippen molar-refractivity contribution in [2.24, 2.45) is 17.6 Å². The number of benzene rings is 1. The number of carbonyl (C=O) groups is 1. The molecule has 1 unspecified atom stereocenters. The molecule has 0 bridgehead atoms. The predicted molar refractivity (Wildman–Crippen MR) is 77.0 cm³/mol. The van der Waals surface area contributed by atoms with Crippen molar-refractivity contribution in [3.05, 3.63) is 35.4 Å². The molecule has 0 heterocycles. The lowest BCUT2D eigenvalue weighted by Crippen LogP contribution is -2.17. The van der Waals surface area contributed by atoms with Crippen LogP contribution >= 0.6 is 0 Å². The van der Waals surface area contributed by atoms with E-state index in [1.54, 1.807) is 0 Å². The Morgan fingerprint density at radius 2 is 1.81 bits per heavy atom. The van der Waals surface area contributed by atoms with Crippen LogP contribution in [-0.2, 0) is 6.18 Å². The van der Waals surface area contributed by atoms with Crippen molar-refractivity contribution in [3.8, 4) is 0 Å². The van der Waals surface area contributed by atoms with Crippen molar-refractivity contribution in [3.63, 3.8) is 0 Å². The van der Waals surface area contributed by atoms with Crippen LogP contribution in [0, 0.1) is 11.8 Å². The number of carbonyl (C=O) groups excluding carboxylic acids is 1. The summed E-state index contributed by atoms with van der Waals surface area (Å²) >= 11 is 0. The van der Waals surface area contributed by atoms with E-state index >= 15 is 0 Å². The minimum Gasteiger partial charge on any atom is -0.330 e. The highest BCUT2D eigenvalue weighted by molar-refractivity contribution is 5.97. The first-order valence-corrected chi connectivity index (χ1v) is 7.16. The number of hydrogen-bond acceptors (Lipinski definition) is 2. The van der Waals surface area contributed by atoms with E-state index in [1.807, 2.05) is 13.8 Å². The summed E-state index contributed by atoms with van der Waals surface area (Å²) < 4.78 is 38.7. The van der Waals surface area contributed by atoms with Crippen molar-refractivity contribution in [1.82, 2.24) is 0 Å². The molecule has 0 aliphatic heterocycles. The number of halogens is 3. The molecule has 0 aromatic heterocycles. The highest BCUT2D eigenvalue weighted by Crippen LogP contribution is 2.33. The van der Waals surface area contributed by atoms with E-state index in [-0.39, 0.29) is 17.9 Å². The van der Waals surface area contributed by atoms with Crippen LogP contribution in [0.5, 0.6) is 0 Å². The Bertz CT molecular complexity index is 469. The van der Waals surface area contributed by atoms with Gasteiger partial charge < -0.3 is 5.73 Å². The smallest absolute Gasteiger partial charge is 0.330 e. The van der Waals surface area contributed by atoms with Crippen LogP contribution in [0.1, 0.15) is 49.0 Å². The molecule has 1 atom stereocenters. The summed E-state index contributed by atoms with van der Waals surface area (Å²) in [6.07, 6.45) is -3.03. The molecule has 2 N–H and O–H groups in total. The molecule has 118 valence electrons. The largest absolute Gasteiger partial charge is 0.417 e. The SMILES string of the molecule is CC(C)C(CCN)CCC(=O)c1ccccc1C(F)(F)F. The van der Waals surface area contributed by atoms with Gasteiger partial charge in [-0.25, -0.2) is 0 Å². The van der Waals surface area contributed by atoms with E-state index < -0.39 is 17.5 Å². The minimum atomic E-state index is -4.50. The third-order valence-electron chi connectivity index (χ3n) is 3.76. The first-order chi connectivity index (χ1) is 9.77.